The summed E-state index contributed by atoms with van der Waals surface area (Å²) in [6.45, 7) is 2.00. The maximum absolute atomic E-state index is 4.97. The third kappa shape index (κ3) is 2.79. The summed E-state index contributed by atoms with van der Waals surface area (Å²) in [5.41, 5.74) is 0. The minimum atomic E-state index is -0.144. The monoisotopic (exact) mass is 133 g/mol. The van der Waals surface area contributed by atoms with E-state index in [0.29, 0.717) is 0 Å². The number of hydrogen-bond acceptors (Lipinski definition) is 3. The van der Waals surface area contributed by atoms with E-state index in [2.05, 4.69) is 5.32 Å². The molecule has 9 heavy (non-hydrogen) atoms. The molecule has 0 saturated heterocycles. The van der Waals surface area contributed by atoms with Gasteiger partial charge in [-0.15, -0.1) is 0 Å². The Morgan fingerprint density at radius 2 is 1.67 bits per heavy atom. The molecular weight excluding hydrogens is 118 g/mol. The van der Waals surface area contributed by atoms with Gasteiger partial charge in [-0.2, -0.15) is 0 Å². The molecule has 0 fully saturated rings. The third-order valence-electron chi connectivity index (χ3n) is 1.33. The van der Waals surface area contributed by atoms with Gasteiger partial charge in [0.25, 0.3) is 0 Å². The average Bonchev–Trinajstić information content (AvgIpc) is 1.90. The van der Waals surface area contributed by atoms with Gasteiger partial charge in [-0.05, 0) is 14.0 Å². The highest BCUT2D eigenvalue weighted by Crippen LogP contribution is 1.96. The summed E-state index contributed by atoms with van der Waals surface area (Å²) < 4.78 is 9.93. The number of likely N-dealkylation sites (N-methyl/N-ethyl adjacent to an activating group) is 1. The average molecular weight is 133 g/mol. The first-order valence-corrected chi connectivity index (χ1v) is 2.99. The van der Waals surface area contributed by atoms with Crippen molar-refractivity contribution in [2.75, 3.05) is 21.3 Å². The predicted octanol–water partition coefficient (Wildman–Crippen LogP) is 0.213. The van der Waals surface area contributed by atoms with Crippen molar-refractivity contribution in [1.29, 1.82) is 0 Å². The second-order valence-electron chi connectivity index (χ2n) is 1.92. The second-order valence-corrected chi connectivity index (χ2v) is 1.92. The minimum Gasteiger partial charge on any atom is -0.354 e. The summed E-state index contributed by atoms with van der Waals surface area (Å²) in [5, 5.41) is 3.02. The Balaban J connectivity index is 3.50. The van der Waals surface area contributed by atoms with Crippen LogP contribution < -0.4 is 5.32 Å². The maximum Gasteiger partial charge on any atom is 0.171 e. The highest BCUT2D eigenvalue weighted by molar-refractivity contribution is 4.59. The van der Waals surface area contributed by atoms with E-state index < -0.39 is 0 Å². The zero-order chi connectivity index (χ0) is 7.28. The van der Waals surface area contributed by atoms with Crippen LogP contribution in [0.25, 0.3) is 0 Å². The molecule has 0 aliphatic carbocycles. The zero-order valence-electron chi connectivity index (χ0n) is 6.47. The SMILES string of the molecule is CN[C@H](C)C(OC)OC. The number of nitrogens with one attached hydrogen (secondary N) is 1. The van der Waals surface area contributed by atoms with Crippen LogP contribution in [-0.4, -0.2) is 33.6 Å². The number of ether oxygens (including phenoxy) is 2. The molecule has 0 radical (unpaired) electrons. The molecule has 0 unspecified atom stereocenters. The summed E-state index contributed by atoms with van der Waals surface area (Å²) in [6.07, 6.45) is -0.144. The van der Waals surface area contributed by atoms with Crippen molar-refractivity contribution < 1.29 is 9.47 Å². The van der Waals surface area contributed by atoms with Gasteiger partial charge in [-0.25, -0.2) is 0 Å². The van der Waals surface area contributed by atoms with Gasteiger partial charge in [0.2, 0.25) is 0 Å². The summed E-state index contributed by atoms with van der Waals surface area (Å²) in [6, 6.07) is 0.236. The Hall–Kier alpha value is -0.120. The van der Waals surface area contributed by atoms with E-state index in [1.807, 2.05) is 14.0 Å². The van der Waals surface area contributed by atoms with Gasteiger partial charge in [0.1, 0.15) is 0 Å². The van der Waals surface area contributed by atoms with Crippen LogP contribution in [0.1, 0.15) is 6.92 Å². The molecule has 0 aromatic heterocycles. The summed E-state index contributed by atoms with van der Waals surface area (Å²) in [7, 11) is 5.12. The first-order valence-electron chi connectivity index (χ1n) is 2.99. The van der Waals surface area contributed by atoms with E-state index in [0.717, 1.165) is 0 Å². The topological polar surface area (TPSA) is 30.5 Å². The molecule has 0 saturated carbocycles. The second kappa shape index (κ2) is 4.73. The Labute approximate surface area is 56.3 Å². The largest absolute Gasteiger partial charge is 0.354 e. The molecule has 0 aromatic rings. The van der Waals surface area contributed by atoms with Crippen LogP contribution in [0.5, 0.6) is 0 Å². The lowest BCUT2D eigenvalue weighted by atomic mass is 10.3. The molecule has 0 aliphatic rings. The Morgan fingerprint density at radius 3 is 1.78 bits per heavy atom. The molecule has 0 amide bonds. The smallest absolute Gasteiger partial charge is 0.171 e. The van der Waals surface area contributed by atoms with Gasteiger partial charge in [0, 0.05) is 14.2 Å². The van der Waals surface area contributed by atoms with Crippen LogP contribution in [0.3, 0.4) is 0 Å². The van der Waals surface area contributed by atoms with Gasteiger partial charge in [0.05, 0.1) is 6.04 Å². The van der Waals surface area contributed by atoms with Crippen LogP contribution in [-0.2, 0) is 9.47 Å². The first-order chi connectivity index (χ1) is 4.26. The molecular formula is C6H15NO2. The van der Waals surface area contributed by atoms with E-state index in [-0.39, 0.29) is 12.3 Å². The van der Waals surface area contributed by atoms with Gasteiger partial charge < -0.3 is 14.8 Å². The van der Waals surface area contributed by atoms with Gasteiger partial charge in [-0.1, -0.05) is 0 Å². The van der Waals surface area contributed by atoms with Gasteiger partial charge in [-0.3, -0.25) is 0 Å². The predicted molar refractivity (Wildman–Crippen MR) is 36.3 cm³/mol. The fourth-order valence-corrected chi connectivity index (χ4v) is 0.641. The summed E-state index contributed by atoms with van der Waals surface area (Å²) >= 11 is 0. The van der Waals surface area contributed by atoms with Crippen LogP contribution in [0.15, 0.2) is 0 Å². The van der Waals surface area contributed by atoms with Crippen LogP contribution in [0, 0.1) is 0 Å². The van der Waals surface area contributed by atoms with Crippen LogP contribution in [0.4, 0.5) is 0 Å². The van der Waals surface area contributed by atoms with Crippen LogP contribution >= 0.6 is 0 Å². The van der Waals surface area contributed by atoms with Crippen molar-refractivity contribution in [2.45, 2.75) is 19.3 Å². The van der Waals surface area contributed by atoms with Crippen molar-refractivity contribution in [3.05, 3.63) is 0 Å². The van der Waals surface area contributed by atoms with E-state index in [9.17, 15) is 0 Å². The first kappa shape index (κ1) is 8.88. The lowest BCUT2D eigenvalue weighted by Gasteiger charge is -2.19. The lowest BCUT2D eigenvalue weighted by Crippen LogP contribution is -2.37. The van der Waals surface area contributed by atoms with Gasteiger partial charge in [0.15, 0.2) is 6.29 Å². The van der Waals surface area contributed by atoms with Crippen molar-refractivity contribution in [3.63, 3.8) is 0 Å². The molecule has 1 atom stereocenters. The quantitative estimate of drug-likeness (QED) is 0.556. The summed E-state index contributed by atoms with van der Waals surface area (Å²) in [5.74, 6) is 0. The highest BCUT2D eigenvalue weighted by atomic mass is 16.7. The number of rotatable bonds is 4. The fourth-order valence-electron chi connectivity index (χ4n) is 0.641. The normalized spacial score (nSPS) is 14.3. The van der Waals surface area contributed by atoms with Crippen molar-refractivity contribution in [1.82, 2.24) is 5.32 Å². The van der Waals surface area contributed by atoms with E-state index in [4.69, 9.17) is 9.47 Å². The molecule has 0 aromatic carbocycles. The minimum absolute atomic E-state index is 0.144. The van der Waals surface area contributed by atoms with E-state index in [1.54, 1.807) is 14.2 Å². The lowest BCUT2D eigenvalue weighted by molar-refractivity contribution is -0.118. The van der Waals surface area contributed by atoms with Crippen molar-refractivity contribution in [2.24, 2.45) is 0 Å². The summed E-state index contributed by atoms with van der Waals surface area (Å²) in [4.78, 5) is 0. The number of hydrogen-bond donors (Lipinski definition) is 1. The molecule has 3 nitrogen and oxygen atoms in total. The van der Waals surface area contributed by atoms with Crippen LogP contribution in [0.2, 0.25) is 0 Å². The maximum atomic E-state index is 4.97. The molecule has 0 rings (SSSR count). The molecule has 0 aliphatic heterocycles. The molecule has 0 bridgehead atoms. The third-order valence-corrected chi connectivity index (χ3v) is 1.33. The molecule has 3 heteroatoms. The molecule has 0 heterocycles. The van der Waals surface area contributed by atoms with E-state index in [1.165, 1.54) is 0 Å². The van der Waals surface area contributed by atoms with Gasteiger partial charge >= 0.3 is 0 Å². The van der Waals surface area contributed by atoms with Crippen molar-refractivity contribution >= 4 is 0 Å². The molecule has 56 valence electrons. The molecule has 0 spiro atoms. The Kier molecular flexibility index (Phi) is 4.67. The van der Waals surface area contributed by atoms with Crippen molar-refractivity contribution in [3.8, 4) is 0 Å². The Morgan fingerprint density at radius 1 is 1.22 bits per heavy atom. The fraction of sp³-hybridized carbons (Fsp3) is 1.00. The number of methoxy groups -OCH3 is 2. The molecule has 1 N–H and O–H groups in total. The standard InChI is InChI=1S/C6H15NO2/c1-5(7-2)6(8-3)9-4/h5-7H,1-4H3/t5-/m1/s1. The Bertz CT molecular complexity index is 64.1. The zero-order valence-corrected chi connectivity index (χ0v) is 6.47. The van der Waals surface area contributed by atoms with E-state index >= 15 is 0 Å². The highest BCUT2D eigenvalue weighted by Gasteiger charge is 2.11.